The van der Waals surface area contributed by atoms with Crippen LogP contribution in [0.4, 0.5) is 0 Å². The van der Waals surface area contributed by atoms with E-state index >= 15 is 0 Å². The average Bonchev–Trinajstić information content (AvgIpc) is 2.63. The minimum absolute atomic E-state index is 0.229. The number of primary sulfonamides is 1. The molecule has 2 N–H and O–H groups in total. The highest BCUT2D eigenvalue weighted by molar-refractivity contribution is 7.89. The molecule has 0 radical (unpaired) electrons. The van der Waals surface area contributed by atoms with Crippen molar-refractivity contribution in [3.05, 3.63) is 84.5 Å². The van der Waals surface area contributed by atoms with Crippen molar-refractivity contribution in [2.24, 2.45) is 5.14 Å². The first-order valence-corrected chi connectivity index (χ1v) is 9.24. The second-order valence-electron chi connectivity index (χ2n) is 5.57. The molecule has 7 nitrogen and oxygen atoms in total. The standard InChI is InChI=1S/C17H17N5O2S/c18-25(23,24)17(16-5-8-21-12-22-16)9-15(13-3-1-6-19-10-13)14-4-2-7-20-11-14/h1-8,10-12,15,17H,9H2,(H2,18,23,24). The minimum Gasteiger partial charge on any atom is -0.264 e. The predicted octanol–water partition coefficient (Wildman–Crippen LogP) is 1.82. The van der Waals surface area contributed by atoms with Crippen LogP contribution in [-0.2, 0) is 10.0 Å². The van der Waals surface area contributed by atoms with Gasteiger partial charge >= 0.3 is 0 Å². The van der Waals surface area contributed by atoms with E-state index in [4.69, 9.17) is 5.14 Å². The van der Waals surface area contributed by atoms with E-state index in [1.54, 1.807) is 30.9 Å². The van der Waals surface area contributed by atoms with Crippen molar-refractivity contribution in [1.82, 2.24) is 19.9 Å². The molecule has 128 valence electrons. The lowest BCUT2D eigenvalue weighted by Crippen LogP contribution is -2.24. The highest BCUT2D eigenvalue weighted by atomic mass is 32.2. The predicted molar refractivity (Wildman–Crippen MR) is 92.8 cm³/mol. The second-order valence-corrected chi connectivity index (χ2v) is 7.32. The lowest BCUT2D eigenvalue weighted by Gasteiger charge is -2.22. The van der Waals surface area contributed by atoms with Crippen molar-refractivity contribution in [2.75, 3.05) is 0 Å². The van der Waals surface area contributed by atoms with E-state index in [0.29, 0.717) is 5.69 Å². The van der Waals surface area contributed by atoms with E-state index in [-0.39, 0.29) is 12.3 Å². The van der Waals surface area contributed by atoms with Crippen LogP contribution >= 0.6 is 0 Å². The Labute approximate surface area is 146 Å². The van der Waals surface area contributed by atoms with Gasteiger partial charge in [-0.2, -0.15) is 0 Å². The average molecular weight is 355 g/mol. The molecular formula is C17H17N5O2S. The van der Waals surface area contributed by atoms with E-state index in [0.717, 1.165) is 11.1 Å². The van der Waals surface area contributed by atoms with Crippen molar-refractivity contribution < 1.29 is 8.42 Å². The van der Waals surface area contributed by atoms with E-state index in [1.807, 2.05) is 24.3 Å². The highest BCUT2D eigenvalue weighted by Gasteiger charge is 2.30. The summed E-state index contributed by atoms with van der Waals surface area (Å²) in [6, 6.07) is 9.01. The van der Waals surface area contributed by atoms with Gasteiger partial charge in [0.05, 0.1) is 5.69 Å². The number of hydrogen-bond acceptors (Lipinski definition) is 6. The summed E-state index contributed by atoms with van der Waals surface area (Å²) in [6.45, 7) is 0. The molecule has 3 rings (SSSR count). The van der Waals surface area contributed by atoms with Crippen molar-refractivity contribution in [3.8, 4) is 0 Å². The molecule has 0 bridgehead atoms. The molecule has 0 aliphatic heterocycles. The van der Waals surface area contributed by atoms with E-state index < -0.39 is 15.3 Å². The van der Waals surface area contributed by atoms with Crippen molar-refractivity contribution >= 4 is 10.0 Å². The van der Waals surface area contributed by atoms with Crippen LogP contribution in [0.15, 0.2) is 67.6 Å². The minimum atomic E-state index is -3.86. The first kappa shape index (κ1) is 17.1. The van der Waals surface area contributed by atoms with Crippen LogP contribution in [0.1, 0.15) is 34.4 Å². The molecule has 0 aliphatic rings. The van der Waals surface area contributed by atoms with E-state index in [2.05, 4.69) is 19.9 Å². The van der Waals surface area contributed by atoms with Gasteiger partial charge < -0.3 is 0 Å². The van der Waals surface area contributed by atoms with Gasteiger partial charge in [0.2, 0.25) is 10.0 Å². The highest BCUT2D eigenvalue weighted by Crippen LogP contribution is 2.35. The molecule has 0 spiro atoms. The van der Waals surface area contributed by atoms with Crippen LogP contribution in [-0.4, -0.2) is 28.4 Å². The van der Waals surface area contributed by atoms with Gasteiger partial charge in [0, 0.05) is 36.9 Å². The van der Waals surface area contributed by atoms with Crippen molar-refractivity contribution in [3.63, 3.8) is 0 Å². The van der Waals surface area contributed by atoms with Gasteiger partial charge in [-0.15, -0.1) is 0 Å². The number of rotatable bonds is 6. The number of hydrogen-bond donors (Lipinski definition) is 1. The molecule has 0 fully saturated rings. The van der Waals surface area contributed by atoms with Gasteiger partial charge in [0.25, 0.3) is 0 Å². The maximum atomic E-state index is 12.2. The van der Waals surface area contributed by atoms with Gasteiger partial charge in [-0.1, -0.05) is 12.1 Å². The lowest BCUT2D eigenvalue weighted by molar-refractivity contribution is 0.564. The zero-order chi connectivity index (χ0) is 17.7. The normalized spacial score (nSPS) is 12.9. The second kappa shape index (κ2) is 7.45. The molecule has 0 saturated heterocycles. The molecule has 3 heterocycles. The summed E-state index contributed by atoms with van der Waals surface area (Å²) >= 11 is 0. The van der Waals surface area contributed by atoms with Gasteiger partial charge in [-0.3, -0.25) is 9.97 Å². The summed E-state index contributed by atoms with van der Waals surface area (Å²) in [7, 11) is -3.86. The summed E-state index contributed by atoms with van der Waals surface area (Å²) < 4.78 is 24.4. The third kappa shape index (κ3) is 4.23. The smallest absolute Gasteiger partial charge is 0.217 e. The van der Waals surface area contributed by atoms with Crippen molar-refractivity contribution in [1.29, 1.82) is 0 Å². The number of aromatic nitrogens is 4. The van der Waals surface area contributed by atoms with Crippen LogP contribution in [0.25, 0.3) is 0 Å². The Bertz CT molecular complexity index is 866. The SMILES string of the molecule is NS(=O)(=O)C(CC(c1cccnc1)c1cccnc1)c1ccncn1. The molecule has 3 aromatic heterocycles. The topological polar surface area (TPSA) is 112 Å². The zero-order valence-corrected chi connectivity index (χ0v) is 14.1. The van der Waals surface area contributed by atoms with Crippen molar-refractivity contribution in [2.45, 2.75) is 17.6 Å². The van der Waals surface area contributed by atoms with Crippen LogP contribution < -0.4 is 5.14 Å². The lowest BCUT2D eigenvalue weighted by atomic mass is 9.88. The van der Waals surface area contributed by atoms with Crippen LogP contribution in [0.2, 0.25) is 0 Å². The maximum absolute atomic E-state index is 12.2. The van der Waals surface area contributed by atoms with Crippen LogP contribution in [0.5, 0.6) is 0 Å². The molecule has 25 heavy (non-hydrogen) atoms. The Kier molecular flexibility index (Phi) is 5.11. The zero-order valence-electron chi connectivity index (χ0n) is 13.3. The number of nitrogens with two attached hydrogens (primary N) is 1. The Morgan fingerprint density at radius 1 is 0.920 bits per heavy atom. The Morgan fingerprint density at radius 3 is 2.00 bits per heavy atom. The molecule has 0 aromatic carbocycles. The summed E-state index contributed by atoms with van der Waals surface area (Å²) in [5.41, 5.74) is 2.15. The van der Waals surface area contributed by atoms with Gasteiger partial charge in [0.15, 0.2) is 0 Å². The molecule has 3 aromatic rings. The Hall–Kier alpha value is -2.71. The van der Waals surface area contributed by atoms with E-state index in [1.165, 1.54) is 12.5 Å². The molecule has 0 saturated carbocycles. The third-order valence-electron chi connectivity index (χ3n) is 3.95. The fraction of sp³-hybridized carbons (Fsp3) is 0.176. The number of sulfonamides is 1. The number of nitrogens with zero attached hydrogens (tertiary/aromatic N) is 4. The molecule has 1 unspecified atom stereocenters. The summed E-state index contributed by atoms with van der Waals surface area (Å²) in [4.78, 5) is 16.2. The van der Waals surface area contributed by atoms with Crippen LogP contribution in [0.3, 0.4) is 0 Å². The maximum Gasteiger partial charge on any atom is 0.217 e. The third-order valence-corrected chi connectivity index (χ3v) is 5.18. The first-order valence-electron chi connectivity index (χ1n) is 7.63. The van der Waals surface area contributed by atoms with Gasteiger partial charge in [0.1, 0.15) is 11.6 Å². The largest absolute Gasteiger partial charge is 0.264 e. The monoisotopic (exact) mass is 355 g/mol. The quantitative estimate of drug-likeness (QED) is 0.722. The molecule has 1 atom stereocenters. The molecule has 0 amide bonds. The molecular weight excluding hydrogens is 338 g/mol. The molecule has 8 heteroatoms. The summed E-state index contributed by atoms with van der Waals surface area (Å²) in [5.74, 6) is -0.235. The molecule has 0 aliphatic carbocycles. The van der Waals surface area contributed by atoms with Gasteiger partial charge in [-0.05, 0) is 35.7 Å². The fourth-order valence-electron chi connectivity index (χ4n) is 2.76. The summed E-state index contributed by atoms with van der Waals surface area (Å²) in [5, 5.41) is 4.54. The van der Waals surface area contributed by atoms with Crippen LogP contribution in [0, 0.1) is 0 Å². The van der Waals surface area contributed by atoms with E-state index in [9.17, 15) is 8.42 Å². The Morgan fingerprint density at radius 2 is 1.56 bits per heavy atom. The first-order chi connectivity index (χ1) is 12.1. The summed E-state index contributed by atoms with van der Waals surface area (Å²) in [6.07, 6.45) is 9.83. The fourth-order valence-corrected chi connectivity index (χ4v) is 3.69. The number of pyridine rings is 2. The van der Waals surface area contributed by atoms with Gasteiger partial charge in [-0.25, -0.2) is 23.5 Å². The Balaban J connectivity index is 2.04.